The summed E-state index contributed by atoms with van der Waals surface area (Å²) in [7, 11) is 0. The van der Waals surface area contributed by atoms with Gasteiger partial charge in [-0.1, -0.05) is 0 Å². The third-order valence-electron chi connectivity index (χ3n) is 1.58. The van der Waals surface area contributed by atoms with Crippen LogP contribution in [0, 0.1) is 0 Å². The summed E-state index contributed by atoms with van der Waals surface area (Å²) in [5, 5.41) is 0. The summed E-state index contributed by atoms with van der Waals surface area (Å²) >= 11 is 14.7. The van der Waals surface area contributed by atoms with Crippen LogP contribution in [0.5, 0.6) is 0 Å². The molecule has 0 spiro atoms. The Morgan fingerprint density at radius 2 is 1.27 bits per heavy atom. The number of hydrogen-bond donors (Lipinski definition) is 3. The fourth-order valence-electron chi connectivity index (χ4n) is 1.00. The van der Waals surface area contributed by atoms with Crippen LogP contribution in [-0.4, -0.2) is 47.2 Å². The molecule has 0 radical (unpaired) electrons. The zero-order chi connectivity index (χ0) is 8.27. The third kappa shape index (κ3) is 3.05. The maximum absolute atomic E-state index is 4.38. The van der Waals surface area contributed by atoms with E-state index >= 15 is 0 Å². The van der Waals surface area contributed by atoms with E-state index in [1.807, 2.05) is 0 Å². The Hall–Kier alpha value is 2.09. The van der Waals surface area contributed by atoms with Gasteiger partial charge in [0, 0.05) is 0 Å². The predicted octanol–water partition coefficient (Wildman–Crippen LogP) is 1.52. The normalized spacial score (nSPS) is 37.9. The van der Waals surface area contributed by atoms with Gasteiger partial charge in [-0.2, -0.15) is 0 Å². The molecule has 0 aliphatic carbocycles. The molecule has 2 unspecified atom stereocenters. The first-order chi connectivity index (χ1) is 5.31. The molecule has 0 aromatic heterocycles. The van der Waals surface area contributed by atoms with Crippen LogP contribution in [0.3, 0.4) is 0 Å². The summed E-state index contributed by atoms with van der Waals surface area (Å²) in [5.41, 5.74) is 0. The van der Waals surface area contributed by atoms with Crippen molar-refractivity contribution in [2.45, 2.75) is 13.3 Å². The van der Waals surface area contributed by atoms with Gasteiger partial charge in [0.1, 0.15) is 0 Å². The van der Waals surface area contributed by atoms with E-state index in [2.05, 4.69) is 37.9 Å². The van der Waals surface area contributed by atoms with Gasteiger partial charge in [0.2, 0.25) is 0 Å². The Bertz CT molecular complexity index is 110. The Kier molecular flexibility index (Phi) is 5.83. The van der Waals surface area contributed by atoms with Crippen LogP contribution >= 0.6 is 37.9 Å². The van der Waals surface area contributed by atoms with E-state index in [9.17, 15) is 0 Å². The van der Waals surface area contributed by atoms with Crippen molar-refractivity contribution in [3.8, 4) is 0 Å². The van der Waals surface area contributed by atoms with Gasteiger partial charge in [-0.25, -0.2) is 0 Å². The molecule has 1 fully saturated rings. The van der Waals surface area contributed by atoms with Crippen molar-refractivity contribution in [3.63, 3.8) is 0 Å². The van der Waals surface area contributed by atoms with E-state index < -0.39 is 0 Å². The van der Waals surface area contributed by atoms with E-state index in [0.29, 0.717) is 0 Å². The van der Waals surface area contributed by atoms with Crippen LogP contribution in [0.25, 0.3) is 0 Å². The quantitative estimate of drug-likeness (QED) is 0.504. The van der Waals surface area contributed by atoms with E-state index in [-0.39, 0.29) is 0 Å². The molecule has 0 amide bonds. The van der Waals surface area contributed by atoms with Crippen LogP contribution in [0.2, 0.25) is 13.3 Å². The van der Waals surface area contributed by atoms with Crippen LogP contribution in [-0.2, 0) is 0 Å². The number of rotatable bonds is 3. The summed E-state index contributed by atoms with van der Waals surface area (Å²) in [6.07, 6.45) is 0. The average molecular weight is 338 g/mol. The van der Waals surface area contributed by atoms with E-state index in [0.717, 1.165) is 60.5 Å². The molecule has 1 aliphatic heterocycles. The van der Waals surface area contributed by atoms with Crippen molar-refractivity contribution in [2.24, 2.45) is 0 Å². The summed E-state index contributed by atoms with van der Waals surface area (Å²) in [5.74, 6) is 3.23. The van der Waals surface area contributed by atoms with Gasteiger partial charge in [-0.15, -0.1) is 0 Å². The van der Waals surface area contributed by atoms with Crippen LogP contribution in [0.15, 0.2) is 0 Å². The second-order valence-electron chi connectivity index (χ2n) is 2.33. The molecule has 0 N–H and O–H groups in total. The predicted molar refractivity (Wildman–Crippen MR) is 64.3 cm³/mol. The summed E-state index contributed by atoms with van der Waals surface area (Å²) in [4.78, 5) is 1.78. The van der Waals surface area contributed by atoms with Gasteiger partial charge >= 0.3 is 98.4 Å². The molecule has 0 nitrogen and oxygen atoms in total. The standard InChI is InChI=1S/C6H12S3Se2/c7-1-4-5(2-8)11-6(3-9)10-4/h4-9H,1-3H2. The Labute approximate surface area is 97.6 Å². The minimum atomic E-state index is 0.802. The second-order valence-corrected chi connectivity index (χ2v) is 11.0. The van der Waals surface area contributed by atoms with Crippen molar-refractivity contribution in [1.29, 1.82) is 0 Å². The number of hydrogen-bond acceptors (Lipinski definition) is 3. The summed E-state index contributed by atoms with van der Waals surface area (Å²) < 4.78 is 0.952. The monoisotopic (exact) mass is 340 g/mol. The molecule has 1 aliphatic rings. The van der Waals surface area contributed by atoms with E-state index in [1.165, 1.54) is 0 Å². The van der Waals surface area contributed by atoms with Crippen molar-refractivity contribution in [2.75, 3.05) is 17.3 Å². The molecular formula is C6H12S3Se2. The Morgan fingerprint density at radius 3 is 1.55 bits per heavy atom. The zero-order valence-electron chi connectivity index (χ0n) is 6.01. The molecule has 66 valence electrons. The van der Waals surface area contributed by atoms with Gasteiger partial charge in [-0.3, -0.25) is 0 Å². The molecule has 0 aromatic carbocycles. The molecule has 1 heterocycles. The fourth-order valence-corrected chi connectivity index (χ4v) is 12.8. The van der Waals surface area contributed by atoms with Gasteiger partial charge in [0.25, 0.3) is 0 Å². The van der Waals surface area contributed by atoms with E-state index in [4.69, 9.17) is 0 Å². The molecule has 0 aromatic rings. The molecule has 0 bridgehead atoms. The molecule has 11 heavy (non-hydrogen) atoms. The van der Waals surface area contributed by atoms with Gasteiger partial charge in [0.05, 0.1) is 0 Å². The first-order valence-corrected chi connectivity index (χ1v) is 9.30. The van der Waals surface area contributed by atoms with Crippen LogP contribution in [0.1, 0.15) is 0 Å². The van der Waals surface area contributed by atoms with E-state index in [1.54, 1.807) is 0 Å². The van der Waals surface area contributed by atoms with Gasteiger partial charge < -0.3 is 0 Å². The first-order valence-electron chi connectivity index (χ1n) is 3.45. The summed E-state index contributed by atoms with van der Waals surface area (Å²) in [6, 6.07) is 0. The van der Waals surface area contributed by atoms with Crippen LogP contribution in [0.4, 0.5) is 0 Å². The van der Waals surface area contributed by atoms with Gasteiger partial charge in [-0.05, 0) is 0 Å². The van der Waals surface area contributed by atoms with Gasteiger partial charge in [0.15, 0.2) is 0 Å². The van der Waals surface area contributed by atoms with Crippen molar-refractivity contribution in [3.05, 3.63) is 0 Å². The number of thiol groups is 3. The topological polar surface area (TPSA) is 0 Å². The third-order valence-corrected chi connectivity index (χ3v) is 13.8. The second kappa shape index (κ2) is 5.74. The molecule has 1 saturated heterocycles. The van der Waals surface area contributed by atoms with Crippen molar-refractivity contribution >= 4 is 67.8 Å². The summed E-state index contributed by atoms with van der Waals surface area (Å²) in [6.45, 7) is 0. The average Bonchev–Trinajstić information content (AvgIpc) is 2.46. The molecular weight excluding hydrogens is 326 g/mol. The fraction of sp³-hybridized carbons (Fsp3) is 1.00. The van der Waals surface area contributed by atoms with Crippen molar-refractivity contribution < 1.29 is 0 Å². The Balaban J connectivity index is 2.41. The van der Waals surface area contributed by atoms with Crippen LogP contribution < -0.4 is 0 Å². The zero-order valence-corrected chi connectivity index (χ0v) is 12.1. The van der Waals surface area contributed by atoms with Crippen molar-refractivity contribution in [1.82, 2.24) is 0 Å². The first kappa shape index (κ1) is 11.2. The molecule has 5 heteroatoms. The molecule has 1 rings (SSSR count). The Morgan fingerprint density at radius 1 is 0.818 bits per heavy atom. The molecule has 0 saturated carbocycles. The minimum absolute atomic E-state index is 0.802. The SMILES string of the molecule is SCC1[Se]C(CS)C(CS)[Se]1. The maximum atomic E-state index is 4.38. The molecule has 2 atom stereocenters.